The van der Waals surface area contributed by atoms with E-state index in [4.69, 9.17) is 9.47 Å². The lowest BCUT2D eigenvalue weighted by Gasteiger charge is -2.14. The van der Waals surface area contributed by atoms with Crippen LogP contribution in [-0.2, 0) is 13.6 Å². The van der Waals surface area contributed by atoms with Crippen molar-refractivity contribution in [2.75, 3.05) is 26.1 Å². The van der Waals surface area contributed by atoms with Gasteiger partial charge in [-0.1, -0.05) is 0 Å². The van der Waals surface area contributed by atoms with Gasteiger partial charge in [0, 0.05) is 44.2 Å². The number of anilines is 1. The standard InChI is InChI=1S/C16H23N5O2/c1-5-23-14-7-6-13(8-15(14)22-4)20-16(17-2)18-9-12-10-19-21(3)11-12/h6-8,10-11H,5,9H2,1-4H3,(H2,17,18,20). The number of aromatic nitrogens is 2. The van der Waals surface area contributed by atoms with Crippen LogP contribution in [0.15, 0.2) is 35.6 Å². The first-order valence-corrected chi connectivity index (χ1v) is 7.42. The number of guanidine groups is 1. The highest BCUT2D eigenvalue weighted by atomic mass is 16.5. The highest BCUT2D eigenvalue weighted by molar-refractivity contribution is 5.93. The molecule has 0 saturated carbocycles. The molecule has 1 aromatic carbocycles. The van der Waals surface area contributed by atoms with Crippen molar-refractivity contribution in [1.82, 2.24) is 15.1 Å². The van der Waals surface area contributed by atoms with E-state index < -0.39 is 0 Å². The highest BCUT2D eigenvalue weighted by Gasteiger charge is 2.07. The zero-order valence-corrected chi connectivity index (χ0v) is 14.0. The number of aryl methyl sites for hydroxylation is 1. The molecule has 23 heavy (non-hydrogen) atoms. The number of nitrogens with one attached hydrogen (secondary N) is 2. The molecule has 0 saturated heterocycles. The summed E-state index contributed by atoms with van der Waals surface area (Å²) >= 11 is 0. The number of benzene rings is 1. The van der Waals surface area contributed by atoms with Gasteiger partial charge in [0.2, 0.25) is 0 Å². The normalized spacial score (nSPS) is 11.2. The van der Waals surface area contributed by atoms with Crippen molar-refractivity contribution in [2.45, 2.75) is 13.5 Å². The minimum atomic E-state index is 0.595. The molecule has 1 heterocycles. The minimum Gasteiger partial charge on any atom is -0.493 e. The fourth-order valence-corrected chi connectivity index (χ4v) is 2.08. The van der Waals surface area contributed by atoms with Crippen LogP contribution < -0.4 is 20.1 Å². The van der Waals surface area contributed by atoms with Crippen LogP contribution in [0, 0.1) is 0 Å². The molecule has 7 nitrogen and oxygen atoms in total. The molecule has 0 radical (unpaired) electrons. The van der Waals surface area contributed by atoms with Gasteiger partial charge < -0.3 is 20.1 Å². The largest absolute Gasteiger partial charge is 0.493 e. The van der Waals surface area contributed by atoms with Crippen molar-refractivity contribution in [2.24, 2.45) is 12.0 Å². The van der Waals surface area contributed by atoms with Crippen LogP contribution in [0.4, 0.5) is 5.69 Å². The molecule has 0 aliphatic carbocycles. The zero-order valence-electron chi connectivity index (χ0n) is 14.0. The fourth-order valence-electron chi connectivity index (χ4n) is 2.08. The first-order valence-electron chi connectivity index (χ1n) is 7.42. The molecule has 124 valence electrons. The maximum atomic E-state index is 5.51. The highest BCUT2D eigenvalue weighted by Crippen LogP contribution is 2.30. The Labute approximate surface area is 136 Å². The maximum Gasteiger partial charge on any atom is 0.195 e. The second-order valence-electron chi connectivity index (χ2n) is 4.87. The molecule has 0 spiro atoms. The van der Waals surface area contributed by atoms with Crippen molar-refractivity contribution < 1.29 is 9.47 Å². The van der Waals surface area contributed by atoms with E-state index in [2.05, 4.69) is 20.7 Å². The molecule has 0 unspecified atom stereocenters. The van der Waals surface area contributed by atoms with Crippen LogP contribution in [0.25, 0.3) is 0 Å². The van der Waals surface area contributed by atoms with Crippen LogP contribution in [-0.4, -0.2) is 36.5 Å². The molecule has 2 aromatic rings. The van der Waals surface area contributed by atoms with E-state index in [9.17, 15) is 0 Å². The number of nitrogens with zero attached hydrogens (tertiary/aromatic N) is 3. The molecule has 0 amide bonds. The van der Waals surface area contributed by atoms with Gasteiger partial charge in [-0.15, -0.1) is 0 Å². The average Bonchev–Trinajstić information content (AvgIpc) is 2.98. The molecule has 0 fully saturated rings. The zero-order chi connectivity index (χ0) is 16.7. The van der Waals surface area contributed by atoms with E-state index in [0.29, 0.717) is 24.9 Å². The topological polar surface area (TPSA) is 72.7 Å². The average molecular weight is 317 g/mol. The Morgan fingerprint density at radius 2 is 2.17 bits per heavy atom. The number of aliphatic imine (C=N–C) groups is 1. The fraction of sp³-hybridized carbons (Fsp3) is 0.375. The first-order chi connectivity index (χ1) is 11.2. The molecule has 2 N–H and O–H groups in total. The Hall–Kier alpha value is -2.70. The summed E-state index contributed by atoms with van der Waals surface area (Å²) in [6, 6.07) is 5.67. The lowest BCUT2D eigenvalue weighted by Crippen LogP contribution is -2.30. The first kappa shape index (κ1) is 16.7. The molecule has 0 bridgehead atoms. The number of ether oxygens (including phenoxy) is 2. The summed E-state index contributed by atoms with van der Waals surface area (Å²) in [5.41, 5.74) is 1.95. The van der Waals surface area contributed by atoms with Gasteiger partial charge >= 0.3 is 0 Å². The van der Waals surface area contributed by atoms with E-state index in [1.165, 1.54) is 0 Å². The van der Waals surface area contributed by atoms with Gasteiger partial charge in [-0.25, -0.2) is 0 Å². The third-order valence-corrected chi connectivity index (χ3v) is 3.17. The van der Waals surface area contributed by atoms with Crippen LogP contribution in [0.5, 0.6) is 11.5 Å². The van der Waals surface area contributed by atoms with Gasteiger partial charge in [-0.3, -0.25) is 9.67 Å². The molecule has 0 aliphatic rings. The Morgan fingerprint density at radius 1 is 1.35 bits per heavy atom. The Bertz CT molecular complexity index is 666. The number of hydrogen-bond donors (Lipinski definition) is 2. The van der Waals surface area contributed by atoms with Crippen LogP contribution in [0.1, 0.15) is 12.5 Å². The predicted molar refractivity (Wildman–Crippen MR) is 91.2 cm³/mol. The van der Waals surface area contributed by atoms with E-state index in [0.717, 1.165) is 17.0 Å². The Kier molecular flexibility index (Phi) is 5.85. The van der Waals surface area contributed by atoms with E-state index in [-0.39, 0.29) is 0 Å². The molecule has 7 heteroatoms. The summed E-state index contributed by atoms with van der Waals surface area (Å²) in [6.45, 7) is 3.18. The van der Waals surface area contributed by atoms with E-state index in [1.807, 2.05) is 44.6 Å². The third-order valence-electron chi connectivity index (χ3n) is 3.17. The minimum absolute atomic E-state index is 0.595. The molecular weight excluding hydrogens is 294 g/mol. The van der Waals surface area contributed by atoms with Crippen molar-refractivity contribution in [3.05, 3.63) is 36.2 Å². The van der Waals surface area contributed by atoms with E-state index >= 15 is 0 Å². The summed E-state index contributed by atoms with van der Waals surface area (Å²) in [6.07, 6.45) is 3.78. The van der Waals surface area contributed by atoms with Gasteiger partial charge in [0.1, 0.15) is 0 Å². The molecule has 0 atom stereocenters. The lowest BCUT2D eigenvalue weighted by atomic mass is 10.2. The van der Waals surface area contributed by atoms with Crippen LogP contribution in [0.2, 0.25) is 0 Å². The molecule has 1 aromatic heterocycles. The van der Waals surface area contributed by atoms with Crippen molar-refractivity contribution in [3.63, 3.8) is 0 Å². The Balaban J connectivity index is 2.01. The summed E-state index contributed by atoms with van der Waals surface area (Å²) in [5, 5.41) is 10.6. The second-order valence-corrected chi connectivity index (χ2v) is 4.87. The predicted octanol–water partition coefficient (Wildman–Crippen LogP) is 2.01. The molecular formula is C16H23N5O2. The van der Waals surface area contributed by atoms with Gasteiger partial charge in [-0.05, 0) is 19.1 Å². The van der Waals surface area contributed by atoms with Crippen molar-refractivity contribution in [1.29, 1.82) is 0 Å². The van der Waals surface area contributed by atoms with Crippen molar-refractivity contribution in [3.8, 4) is 11.5 Å². The summed E-state index contributed by atoms with van der Waals surface area (Å²) in [5.74, 6) is 2.07. The van der Waals surface area contributed by atoms with Crippen LogP contribution >= 0.6 is 0 Å². The SMILES string of the molecule is CCOc1ccc(NC(=NC)NCc2cnn(C)c2)cc1OC. The summed E-state index contributed by atoms with van der Waals surface area (Å²) < 4.78 is 12.6. The second kappa shape index (κ2) is 8.07. The Morgan fingerprint density at radius 3 is 2.78 bits per heavy atom. The number of methoxy groups -OCH3 is 1. The number of rotatable bonds is 6. The van der Waals surface area contributed by atoms with E-state index in [1.54, 1.807) is 18.8 Å². The summed E-state index contributed by atoms with van der Waals surface area (Å²) in [4.78, 5) is 4.21. The smallest absolute Gasteiger partial charge is 0.195 e. The number of hydrogen-bond acceptors (Lipinski definition) is 4. The molecule has 2 rings (SSSR count). The quantitative estimate of drug-likeness (QED) is 0.630. The maximum absolute atomic E-state index is 5.51. The van der Waals surface area contributed by atoms with Gasteiger partial charge in [0.15, 0.2) is 17.5 Å². The van der Waals surface area contributed by atoms with Gasteiger partial charge in [0.25, 0.3) is 0 Å². The summed E-state index contributed by atoms with van der Waals surface area (Å²) in [7, 11) is 5.24. The monoisotopic (exact) mass is 317 g/mol. The van der Waals surface area contributed by atoms with Gasteiger partial charge in [0.05, 0.1) is 19.9 Å². The third kappa shape index (κ3) is 4.64. The van der Waals surface area contributed by atoms with Crippen LogP contribution in [0.3, 0.4) is 0 Å². The lowest BCUT2D eigenvalue weighted by molar-refractivity contribution is 0.311. The van der Waals surface area contributed by atoms with Crippen molar-refractivity contribution >= 4 is 11.6 Å². The molecule has 0 aliphatic heterocycles. The van der Waals surface area contributed by atoms with Gasteiger partial charge in [-0.2, -0.15) is 5.10 Å².